The molecular weight excluding hydrogens is 290 g/mol. The van der Waals surface area contributed by atoms with Crippen molar-refractivity contribution in [2.45, 2.75) is 0 Å². The Hall–Kier alpha value is -2.17. The monoisotopic (exact) mass is 308 g/mol. The Kier molecular flexibility index (Phi) is 5.64. The number of phenols is 2. The molecular formula is C14H18BO5P. The van der Waals surface area contributed by atoms with Crippen LogP contribution < -0.4 is 9.05 Å². The molecule has 0 aliphatic rings. The van der Waals surface area contributed by atoms with E-state index in [0.717, 1.165) is 0 Å². The average Bonchev–Trinajstić information content (AvgIpc) is 2.44. The van der Waals surface area contributed by atoms with Gasteiger partial charge in [0.05, 0.1) is 8.41 Å². The SMILES string of the molecule is B.C=C[PH](O)(Oc1ccc(O)cc1)Oc1ccc(O)cc1. The van der Waals surface area contributed by atoms with Gasteiger partial charge in [0.15, 0.2) is 0 Å². The summed E-state index contributed by atoms with van der Waals surface area (Å²) >= 11 is 0. The molecule has 0 aliphatic carbocycles. The summed E-state index contributed by atoms with van der Waals surface area (Å²) in [5, 5.41) is 18.4. The van der Waals surface area contributed by atoms with Crippen LogP contribution in [0.3, 0.4) is 0 Å². The normalized spacial score (nSPS) is 11.1. The van der Waals surface area contributed by atoms with Crippen LogP contribution in [0.15, 0.2) is 60.9 Å². The molecule has 112 valence electrons. The zero-order chi connectivity index (χ0) is 14.6. The molecule has 2 rings (SSSR count). The van der Waals surface area contributed by atoms with Crippen molar-refractivity contribution < 1.29 is 24.2 Å². The van der Waals surface area contributed by atoms with Crippen molar-refractivity contribution >= 4 is 16.4 Å². The predicted octanol–water partition coefficient (Wildman–Crippen LogP) is 2.00. The fourth-order valence-corrected chi connectivity index (χ4v) is 2.63. The summed E-state index contributed by atoms with van der Waals surface area (Å²) in [4.78, 5) is 10.3. The van der Waals surface area contributed by atoms with E-state index in [1.54, 1.807) is 0 Å². The Morgan fingerprint density at radius 1 is 0.810 bits per heavy atom. The van der Waals surface area contributed by atoms with Crippen LogP contribution in [0.4, 0.5) is 0 Å². The minimum absolute atomic E-state index is 0. The molecule has 0 aromatic heterocycles. The quantitative estimate of drug-likeness (QED) is 0.581. The molecule has 2 aromatic rings. The van der Waals surface area contributed by atoms with Crippen LogP contribution in [-0.4, -0.2) is 23.5 Å². The summed E-state index contributed by atoms with van der Waals surface area (Å²) in [5.41, 5.74) is 0. The second kappa shape index (κ2) is 7.02. The van der Waals surface area contributed by atoms with Crippen molar-refractivity contribution in [2.75, 3.05) is 0 Å². The Bertz CT molecular complexity index is 538. The van der Waals surface area contributed by atoms with Crippen molar-refractivity contribution in [3.8, 4) is 23.0 Å². The standard InChI is InChI=1S/C14H15O5P.BH3/c1-2-20(17,18-13-7-3-11(15)4-8-13)19-14-9-5-12(16)6-10-14;/h2-10,15-17,20H,1H2;1H3. The number of benzene rings is 2. The first-order chi connectivity index (χ1) is 9.50. The number of rotatable bonds is 5. The zero-order valence-electron chi connectivity index (χ0n) is 10.6. The molecule has 0 radical (unpaired) electrons. The molecule has 0 spiro atoms. The second-order valence-electron chi connectivity index (χ2n) is 4.03. The van der Waals surface area contributed by atoms with Gasteiger partial charge in [-0.2, -0.15) is 0 Å². The minimum atomic E-state index is -3.64. The maximum atomic E-state index is 10.3. The fraction of sp³-hybridized carbons (Fsp3) is 0. The molecule has 5 nitrogen and oxygen atoms in total. The van der Waals surface area contributed by atoms with E-state index < -0.39 is 7.94 Å². The van der Waals surface area contributed by atoms with Gasteiger partial charge in [-0.1, -0.05) is 0 Å². The van der Waals surface area contributed by atoms with Crippen LogP contribution in [0, 0.1) is 0 Å². The van der Waals surface area contributed by atoms with Gasteiger partial charge >= 0.3 is 116 Å². The molecule has 0 bridgehead atoms. The van der Waals surface area contributed by atoms with E-state index in [2.05, 4.69) is 6.58 Å². The van der Waals surface area contributed by atoms with Crippen molar-refractivity contribution in [1.29, 1.82) is 0 Å². The second-order valence-corrected chi connectivity index (χ2v) is 6.10. The molecule has 2 aromatic carbocycles. The van der Waals surface area contributed by atoms with Gasteiger partial charge in [-0.3, -0.25) is 0 Å². The zero-order valence-corrected chi connectivity index (χ0v) is 11.6. The third-order valence-corrected chi connectivity index (χ3v) is 4.03. The van der Waals surface area contributed by atoms with Gasteiger partial charge in [-0.15, -0.1) is 0 Å². The van der Waals surface area contributed by atoms with Crippen LogP contribution in [-0.2, 0) is 0 Å². The summed E-state index contributed by atoms with van der Waals surface area (Å²) in [7, 11) is -3.64. The summed E-state index contributed by atoms with van der Waals surface area (Å²) in [6.45, 7) is 3.52. The van der Waals surface area contributed by atoms with E-state index in [4.69, 9.17) is 9.05 Å². The molecule has 0 saturated carbocycles. The Morgan fingerprint density at radius 3 is 1.43 bits per heavy atom. The summed E-state index contributed by atoms with van der Waals surface area (Å²) in [5.74, 6) is 2.14. The molecule has 3 N–H and O–H groups in total. The van der Waals surface area contributed by atoms with Crippen molar-refractivity contribution in [1.82, 2.24) is 0 Å². The van der Waals surface area contributed by atoms with Crippen LogP contribution in [0.2, 0.25) is 0 Å². The summed E-state index contributed by atoms with van der Waals surface area (Å²) in [6.07, 6.45) is 0. The molecule has 0 fully saturated rings. The number of aromatic hydroxyl groups is 2. The van der Waals surface area contributed by atoms with Crippen LogP contribution in [0.25, 0.3) is 0 Å². The van der Waals surface area contributed by atoms with Gasteiger partial charge in [-0.05, 0) is 0 Å². The van der Waals surface area contributed by atoms with Crippen LogP contribution in [0.5, 0.6) is 23.0 Å². The third kappa shape index (κ3) is 4.70. The molecule has 0 aliphatic heterocycles. The van der Waals surface area contributed by atoms with Crippen molar-refractivity contribution in [3.63, 3.8) is 0 Å². The van der Waals surface area contributed by atoms with Gasteiger partial charge < -0.3 is 0 Å². The van der Waals surface area contributed by atoms with Crippen molar-refractivity contribution in [2.24, 2.45) is 0 Å². The first-order valence-electron chi connectivity index (χ1n) is 5.83. The van der Waals surface area contributed by atoms with Gasteiger partial charge in [0.2, 0.25) is 0 Å². The van der Waals surface area contributed by atoms with Crippen molar-refractivity contribution in [3.05, 3.63) is 60.9 Å². The predicted molar refractivity (Wildman–Crippen MR) is 88.1 cm³/mol. The Balaban J connectivity index is 0.00000220. The van der Waals surface area contributed by atoms with E-state index in [9.17, 15) is 15.1 Å². The first kappa shape index (κ1) is 16.9. The molecule has 0 amide bonds. The number of hydrogen-bond acceptors (Lipinski definition) is 5. The van der Waals surface area contributed by atoms with E-state index in [1.807, 2.05) is 0 Å². The average molecular weight is 308 g/mol. The fourth-order valence-electron chi connectivity index (χ4n) is 1.47. The number of hydrogen-bond donors (Lipinski definition) is 3. The summed E-state index contributed by atoms with van der Waals surface area (Å²) in [6, 6.07) is 11.8. The van der Waals surface area contributed by atoms with E-state index in [0.29, 0.717) is 11.5 Å². The van der Waals surface area contributed by atoms with Gasteiger partial charge in [0.25, 0.3) is 0 Å². The van der Waals surface area contributed by atoms with E-state index in [1.165, 1.54) is 54.3 Å². The van der Waals surface area contributed by atoms with E-state index >= 15 is 0 Å². The van der Waals surface area contributed by atoms with Crippen LogP contribution >= 0.6 is 7.94 Å². The molecule has 0 heterocycles. The Labute approximate surface area is 125 Å². The van der Waals surface area contributed by atoms with Gasteiger partial charge in [0.1, 0.15) is 0 Å². The number of phenolic OH excluding ortho intramolecular Hbond substituents is 2. The first-order valence-corrected chi connectivity index (χ1v) is 7.67. The molecule has 0 saturated heterocycles. The van der Waals surface area contributed by atoms with Crippen LogP contribution in [0.1, 0.15) is 0 Å². The summed E-state index contributed by atoms with van der Waals surface area (Å²) < 4.78 is 10.8. The molecule has 7 heteroatoms. The molecule has 0 unspecified atom stereocenters. The molecule has 21 heavy (non-hydrogen) atoms. The van der Waals surface area contributed by atoms with Gasteiger partial charge in [-0.25, -0.2) is 0 Å². The third-order valence-electron chi connectivity index (χ3n) is 2.46. The Morgan fingerprint density at radius 2 is 1.14 bits per heavy atom. The maximum absolute atomic E-state index is 10.3. The topological polar surface area (TPSA) is 79.2 Å². The molecule has 0 atom stereocenters. The van der Waals surface area contributed by atoms with E-state index in [-0.39, 0.29) is 19.9 Å². The van der Waals surface area contributed by atoms with Gasteiger partial charge in [0, 0.05) is 0 Å².